The van der Waals surface area contributed by atoms with E-state index in [9.17, 15) is 9.18 Å². The summed E-state index contributed by atoms with van der Waals surface area (Å²) in [5, 5.41) is 3.23. The Bertz CT molecular complexity index is 549. The third-order valence-electron chi connectivity index (χ3n) is 3.00. The van der Waals surface area contributed by atoms with Crippen LogP contribution in [0.25, 0.3) is 0 Å². The smallest absolute Gasteiger partial charge is 0.224 e. The first-order valence-corrected chi connectivity index (χ1v) is 8.05. The lowest BCUT2D eigenvalue weighted by Crippen LogP contribution is -2.14. The van der Waals surface area contributed by atoms with E-state index in [0.29, 0.717) is 36.0 Å². The molecule has 122 valence electrons. The second-order valence-corrected chi connectivity index (χ2v) is 6.25. The topological polar surface area (TPSA) is 38.3 Å². The molecule has 0 bridgehead atoms. The summed E-state index contributed by atoms with van der Waals surface area (Å²) in [7, 11) is 0. The fourth-order valence-corrected chi connectivity index (χ4v) is 2.32. The largest absolute Gasteiger partial charge is 0.487 e. The first-order chi connectivity index (χ1) is 10.3. The molecular weight excluding hydrogens is 325 g/mol. The van der Waals surface area contributed by atoms with Crippen LogP contribution in [-0.4, -0.2) is 17.6 Å². The van der Waals surface area contributed by atoms with Crippen LogP contribution in [0.4, 0.5) is 10.1 Å². The molecule has 0 aliphatic rings. The lowest BCUT2D eigenvalue weighted by atomic mass is 10.1. The van der Waals surface area contributed by atoms with Crippen molar-refractivity contribution in [2.24, 2.45) is 5.92 Å². The molecule has 0 aliphatic heterocycles. The monoisotopic (exact) mass is 345 g/mol. The van der Waals surface area contributed by atoms with Crippen molar-refractivity contribution in [1.82, 2.24) is 0 Å². The Balaban J connectivity index is 2.82. The average Bonchev–Trinajstić information content (AvgIpc) is 2.42. The zero-order valence-corrected chi connectivity index (χ0v) is 14.6. The minimum absolute atomic E-state index is 0.118. The predicted octanol–water partition coefficient (Wildman–Crippen LogP) is 4.76. The Morgan fingerprint density at radius 1 is 1.45 bits per heavy atom. The van der Waals surface area contributed by atoms with Crippen molar-refractivity contribution < 1.29 is 13.9 Å². The van der Waals surface area contributed by atoms with E-state index in [1.54, 1.807) is 0 Å². The van der Waals surface area contributed by atoms with Gasteiger partial charge in [-0.25, -0.2) is 4.39 Å². The van der Waals surface area contributed by atoms with Crippen molar-refractivity contribution in [1.29, 1.82) is 0 Å². The Kier molecular flexibility index (Phi) is 7.76. The van der Waals surface area contributed by atoms with Gasteiger partial charge in [0.2, 0.25) is 5.91 Å². The van der Waals surface area contributed by atoms with Gasteiger partial charge in [-0.1, -0.05) is 25.4 Å². The summed E-state index contributed by atoms with van der Waals surface area (Å²) in [5.41, 5.74) is 0.744. The quantitative estimate of drug-likeness (QED) is 0.724. The molecule has 1 aromatic rings. The number of carbonyl (C=O) groups is 1. The third kappa shape index (κ3) is 6.28. The Morgan fingerprint density at radius 2 is 2.14 bits per heavy atom. The molecule has 0 aliphatic carbocycles. The molecule has 0 saturated carbocycles. The first-order valence-electron chi connectivity index (χ1n) is 7.26. The van der Waals surface area contributed by atoms with Crippen LogP contribution in [0.3, 0.4) is 0 Å². The number of hydrogen-bond donors (Lipinski definition) is 1. The molecule has 1 amide bonds. The zero-order valence-electron chi connectivity index (χ0n) is 13.0. The minimum Gasteiger partial charge on any atom is -0.487 e. The zero-order chi connectivity index (χ0) is 16.7. The SMILES string of the molecule is CCOC(=S)Cc1cc(NC(=O)CCC(C)C)c(F)cc1Cl. The van der Waals surface area contributed by atoms with Gasteiger partial charge in [0.15, 0.2) is 5.05 Å². The predicted molar refractivity (Wildman–Crippen MR) is 92.0 cm³/mol. The summed E-state index contributed by atoms with van der Waals surface area (Å²) in [6.45, 7) is 6.36. The highest BCUT2D eigenvalue weighted by Gasteiger charge is 2.13. The van der Waals surface area contributed by atoms with Crippen molar-refractivity contribution in [2.45, 2.75) is 40.0 Å². The molecule has 0 unspecified atom stereocenters. The standard InChI is InChI=1S/C16H21ClFNO2S/c1-4-21-16(22)8-11-7-14(13(18)9-12(11)17)19-15(20)6-5-10(2)3/h7,9-10H,4-6,8H2,1-3H3,(H,19,20). The van der Waals surface area contributed by atoms with Crippen molar-refractivity contribution in [3.63, 3.8) is 0 Å². The molecule has 0 atom stereocenters. The van der Waals surface area contributed by atoms with E-state index in [2.05, 4.69) is 5.32 Å². The molecule has 1 rings (SSSR count). The fraction of sp³-hybridized carbons (Fsp3) is 0.500. The van der Waals surface area contributed by atoms with E-state index >= 15 is 0 Å². The van der Waals surface area contributed by atoms with Gasteiger partial charge in [-0.05, 0) is 49.2 Å². The van der Waals surface area contributed by atoms with Crippen molar-refractivity contribution in [3.8, 4) is 0 Å². The highest BCUT2D eigenvalue weighted by atomic mass is 35.5. The van der Waals surface area contributed by atoms with Gasteiger partial charge in [0.05, 0.1) is 12.3 Å². The van der Waals surface area contributed by atoms with E-state index in [1.807, 2.05) is 20.8 Å². The number of ether oxygens (including phenoxy) is 1. The number of anilines is 1. The summed E-state index contributed by atoms with van der Waals surface area (Å²) >= 11 is 11.1. The molecule has 6 heteroatoms. The molecule has 0 radical (unpaired) electrons. The minimum atomic E-state index is -0.561. The highest BCUT2D eigenvalue weighted by molar-refractivity contribution is 7.80. The molecular formula is C16H21ClFNO2S. The van der Waals surface area contributed by atoms with Gasteiger partial charge in [-0.2, -0.15) is 0 Å². The van der Waals surface area contributed by atoms with Crippen LogP contribution in [0.2, 0.25) is 5.02 Å². The molecule has 0 heterocycles. The van der Waals surface area contributed by atoms with E-state index < -0.39 is 5.82 Å². The number of thiocarbonyl (C=S) groups is 1. The van der Waals surface area contributed by atoms with Gasteiger partial charge in [0.25, 0.3) is 0 Å². The molecule has 1 aromatic carbocycles. The summed E-state index contributed by atoms with van der Waals surface area (Å²) in [6.07, 6.45) is 1.41. The number of amides is 1. The Morgan fingerprint density at radius 3 is 2.73 bits per heavy atom. The first kappa shape index (κ1) is 18.8. The number of benzene rings is 1. The maximum absolute atomic E-state index is 13.9. The molecule has 0 saturated heterocycles. The summed E-state index contributed by atoms with van der Waals surface area (Å²) in [6, 6.07) is 2.69. The van der Waals surface area contributed by atoms with Gasteiger partial charge in [-0.15, -0.1) is 0 Å². The van der Waals surface area contributed by atoms with Crippen LogP contribution in [0.1, 0.15) is 39.2 Å². The summed E-state index contributed by atoms with van der Waals surface area (Å²) in [4.78, 5) is 11.8. The van der Waals surface area contributed by atoms with Gasteiger partial charge in [0, 0.05) is 17.9 Å². The maximum Gasteiger partial charge on any atom is 0.224 e. The Hall–Kier alpha value is -1.20. The molecule has 3 nitrogen and oxygen atoms in total. The van der Waals surface area contributed by atoms with Crippen molar-refractivity contribution in [2.75, 3.05) is 11.9 Å². The fourth-order valence-electron chi connectivity index (χ4n) is 1.83. The third-order valence-corrected chi connectivity index (χ3v) is 3.61. The normalized spacial score (nSPS) is 10.6. The number of nitrogens with one attached hydrogen (secondary N) is 1. The number of halogens is 2. The van der Waals surface area contributed by atoms with Crippen LogP contribution in [-0.2, 0) is 16.0 Å². The van der Waals surface area contributed by atoms with E-state index in [1.165, 1.54) is 12.1 Å². The highest BCUT2D eigenvalue weighted by Crippen LogP contribution is 2.25. The second kappa shape index (κ2) is 9.06. The van der Waals surface area contributed by atoms with Crippen molar-refractivity contribution in [3.05, 3.63) is 28.5 Å². The molecule has 0 fully saturated rings. The van der Waals surface area contributed by atoms with E-state index in [4.69, 9.17) is 28.6 Å². The molecule has 22 heavy (non-hydrogen) atoms. The van der Waals surface area contributed by atoms with Gasteiger partial charge in [-0.3, -0.25) is 4.79 Å². The molecule has 0 spiro atoms. The van der Waals surface area contributed by atoms with Gasteiger partial charge >= 0.3 is 0 Å². The van der Waals surface area contributed by atoms with Crippen LogP contribution in [0, 0.1) is 11.7 Å². The molecule has 1 N–H and O–H groups in total. The van der Waals surface area contributed by atoms with E-state index in [0.717, 1.165) is 6.42 Å². The lowest BCUT2D eigenvalue weighted by Gasteiger charge is -2.12. The van der Waals surface area contributed by atoms with Gasteiger partial charge in [0.1, 0.15) is 5.82 Å². The van der Waals surface area contributed by atoms with Crippen LogP contribution in [0.15, 0.2) is 12.1 Å². The maximum atomic E-state index is 13.9. The van der Waals surface area contributed by atoms with Crippen LogP contribution < -0.4 is 5.32 Å². The van der Waals surface area contributed by atoms with Crippen LogP contribution >= 0.6 is 23.8 Å². The molecule has 0 aromatic heterocycles. The van der Waals surface area contributed by atoms with Gasteiger partial charge < -0.3 is 10.1 Å². The number of hydrogen-bond acceptors (Lipinski definition) is 3. The number of carbonyl (C=O) groups excluding carboxylic acids is 1. The summed E-state index contributed by atoms with van der Waals surface area (Å²) in [5.74, 6) is -0.359. The number of rotatable bonds is 7. The lowest BCUT2D eigenvalue weighted by molar-refractivity contribution is -0.116. The summed E-state index contributed by atoms with van der Waals surface area (Å²) < 4.78 is 19.1. The van der Waals surface area contributed by atoms with Crippen LogP contribution in [0.5, 0.6) is 0 Å². The average molecular weight is 346 g/mol. The Labute approximate surface area is 141 Å². The van der Waals surface area contributed by atoms with E-state index in [-0.39, 0.29) is 16.6 Å². The second-order valence-electron chi connectivity index (χ2n) is 5.39. The van der Waals surface area contributed by atoms with Crippen molar-refractivity contribution >= 4 is 40.5 Å².